The Morgan fingerprint density at radius 3 is 2.73 bits per heavy atom. The number of carbonyl (C=O) groups is 1. The van der Waals surface area contributed by atoms with Crippen molar-refractivity contribution in [3.63, 3.8) is 0 Å². The van der Waals surface area contributed by atoms with Crippen molar-refractivity contribution in [1.82, 2.24) is 0 Å². The first-order valence-corrected chi connectivity index (χ1v) is 4.81. The first-order chi connectivity index (χ1) is 7.25. The van der Waals surface area contributed by atoms with Gasteiger partial charge in [0.15, 0.2) is 0 Å². The molecule has 1 atom stereocenters. The Labute approximate surface area is 88.3 Å². The Morgan fingerprint density at radius 2 is 2.13 bits per heavy atom. The van der Waals surface area contributed by atoms with E-state index in [-0.39, 0.29) is 12.3 Å². The van der Waals surface area contributed by atoms with Crippen molar-refractivity contribution < 1.29 is 14.3 Å². The molecule has 78 valence electrons. The van der Waals surface area contributed by atoms with Gasteiger partial charge < -0.3 is 9.47 Å². The van der Waals surface area contributed by atoms with Gasteiger partial charge in [-0.1, -0.05) is 30.3 Å². The van der Waals surface area contributed by atoms with Crippen LogP contribution in [0.1, 0.15) is 12.5 Å². The first-order valence-electron chi connectivity index (χ1n) is 4.81. The van der Waals surface area contributed by atoms with Crippen molar-refractivity contribution in [2.75, 3.05) is 6.61 Å². The van der Waals surface area contributed by atoms with Gasteiger partial charge in [-0.3, -0.25) is 0 Å². The van der Waals surface area contributed by atoms with Crippen LogP contribution in [0.5, 0.6) is 0 Å². The van der Waals surface area contributed by atoms with Gasteiger partial charge in [0.2, 0.25) is 6.29 Å². The molecule has 1 aliphatic heterocycles. The summed E-state index contributed by atoms with van der Waals surface area (Å²) in [5.74, 6) is -0.318. The lowest BCUT2D eigenvalue weighted by Gasteiger charge is -2.00. The van der Waals surface area contributed by atoms with Gasteiger partial charge >= 0.3 is 5.97 Å². The maximum Gasteiger partial charge on any atom is 0.336 e. The van der Waals surface area contributed by atoms with Gasteiger partial charge in [-0.05, 0) is 18.6 Å². The average Bonchev–Trinajstić information content (AvgIpc) is 3.03. The molecule has 0 N–H and O–H groups in total. The predicted octanol–water partition coefficient (Wildman–Crippen LogP) is 1.99. The molecule has 3 heteroatoms. The molecule has 1 heterocycles. The van der Waals surface area contributed by atoms with E-state index in [9.17, 15) is 4.79 Å². The third-order valence-electron chi connectivity index (χ3n) is 2.05. The molecule has 3 nitrogen and oxygen atoms in total. The van der Waals surface area contributed by atoms with E-state index >= 15 is 0 Å². The topological polar surface area (TPSA) is 38.8 Å². The summed E-state index contributed by atoms with van der Waals surface area (Å²) in [6.07, 6.45) is 1.47. The molecular weight excluding hydrogens is 192 g/mol. The standard InChI is InChI=1S/C12H12O3/c1-9(12(13)15-11-8-14-11)7-10-5-3-2-4-6-10/h2-7,11H,8H2,1H3/b9-7+. The monoisotopic (exact) mass is 204 g/mol. The maximum absolute atomic E-state index is 11.4. The molecule has 0 radical (unpaired) electrons. The summed E-state index contributed by atoms with van der Waals surface area (Å²) in [6, 6.07) is 9.65. The van der Waals surface area contributed by atoms with E-state index in [0.717, 1.165) is 5.56 Å². The van der Waals surface area contributed by atoms with Gasteiger partial charge in [0.25, 0.3) is 0 Å². The smallest absolute Gasteiger partial charge is 0.336 e. The van der Waals surface area contributed by atoms with E-state index in [1.54, 1.807) is 13.0 Å². The Hall–Kier alpha value is -1.61. The number of epoxide rings is 1. The van der Waals surface area contributed by atoms with Crippen molar-refractivity contribution in [1.29, 1.82) is 0 Å². The quantitative estimate of drug-likeness (QED) is 0.429. The van der Waals surface area contributed by atoms with Crippen LogP contribution in [0.15, 0.2) is 35.9 Å². The summed E-state index contributed by atoms with van der Waals surface area (Å²) in [5.41, 5.74) is 1.57. The van der Waals surface area contributed by atoms with Crippen LogP contribution in [0, 0.1) is 0 Å². The Kier molecular flexibility index (Phi) is 2.83. The van der Waals surface area contributed by atoms with Crippen molar-refractivity contribution in [3.05, 3.63) is 41.5 Å². The molecule has 1 unspecified atom stereocenters. The molecule has 1 fully saturated rings. The molecule has 0 amide bonds. The van der Waals surface area contributed by atoms with E-state index in [2.05, 4.69) is 0 Å². The fraction of sp³-hybridized carbons (Fsp3) is 0.250. The van der Waals surface area contributed by atoms with Crippen LogP contribution in [-0.2, 0) is 14.3 Å². The summed E-state index contributed by atoms with van der Waals surface area (Å²) in [4.78, 5) is 11.4. The second-order valence-corrected chi connectivity index (χ2v) is 3.41. The Morgan fingerprint density at radius 1 is 1.47 bits per heavy atom. The molecule has 15 heavy (non-hydrogen) atoms. The van der Waals surface area contributed by atoms with Crippen LogP contribution in [0.4, 0.5) is 0 Å². The summed E-state index contributed by atoms with van der Waals surface area (Å²) in [7, 11) is 0. The molecule has 1 aromatic rings. The number of esters is 1. The largest absolute Gasteiger partial charge is 0.430 e. The van der Waals surface area contributed by atoms with Crippen LogP contribution in [0.2, 0.25) is 0 Å². The molecule has 0 bridgehead atoms. The zero-order valence-electron chi connectivity index (χ0n) is 8.47. The third kappa shape index (κ3) is 2.92. The average molecular weight is 204 g/mol. The summed E-state index contributed by atoms with van der Waals surface area (Å²) in [6.45, 7) is 2.25. The maximum atomic E-state index is 11.4. The summed E-state index contributed by atoms with van der Waals surface area (Å²) >= 11 is 0. The summed E-state index contributed by atoms with van der Waals surface area (Å²) < 4.78 is 9.78. The van der Waals surface area contributed by atoms with Crippen molar-refractivity contribution in [2.45, 2.75) is 13.2 Å². The van der Waals surface area contributed by atoms with Gasteiger partial charge in [0, 0.05) is 5.57 Å². The minimum atomic E-state index is -0.323. The minimum Gasteiger partial charge on any atom is -0.430 e. The lowest BCUT2D eigenvalue weighted by molar-refractivity contribution is -0.143. The lowest BCUT2D eigenvalue weighted by Crippen LogP contribution is -2.07. The number of carbonyl (C=O) groups excluding carboxylic acids is 1. The fourth-order valence-electron chi connectivity index (χ4n) is 1.18. The van der Waals surface area contributed by atoms with Gasteiger partial charge in [0.05, 0.1) is 0 Å². The lowest BCUT2D eigenvalue weighted by atomic mass is 10.1. The zero-order chi connectivity index (χ0) is 10.7. The molecule has 2 rings (SSSR count). The van der Waals surface area contributed by atoms with E-state index in [1.165, 1.54) is 0 Å². The van der Waals surface area contributed by atoms with E-state index in [0.29, 0.717) is 12.2 Å². The number of hydrogen-bond donors (Lipinski definition) is 0. The number of benzene rings is 1. The minimum absolute atomic E-state index is 0.318. The van der Waals surface area contributed by atoms with Gasteiger partial charge in [-0.15, -0.1) is 0 Å². The first kappa shape index (κ1) is 9.93. The van der Waals surface area contributed by atoms with E-state index in [1.807, 2.05) is 30.3 Å². The van der Waals surface area contributed by atoms with Crippen LogP contribution in [0.3, 0.4) is 0 Å². The zero-order valence-corrected chi connectivity index (χ0v) is 8.47. The molecule has 0 aliphatic carbocycles. The van der Waals surface area contributed by atoms with Gasteiger partial charge in [-0.2, -0.15) is 0 Å². The number of rotatable bonds is 3. The van der Waals surface area contributed by atoms with Crippen LogP contribution < -0.4 is 0 Å². The predicted molar refractivity (Wildman–Crippen MR) is 55.9 cm³/mol. The van der Waals surface area contributed by atoms with Gasteiger partial charge in [-0.25, -0.2) is 4.79 Å². The van der Waals surface area contributed by atoms with Crippen molar-refractivity contribution in [2.24, 2.45) is 0 Å². The third-order valence-corrected chi connectivity index (χ3v) is 2.05. The Balaban J connectivity index is 2.02. The highest BCUT2D eigenvalue weighted by atomic mass is 16.8. The molecule has 1 aliphatic rings. The molecule has 0 saturated carbocycles. The SMILES string of the molecule is C/C(=C\c1ccccc1)C(=O)OC1CO1. The van der Waals surface area contributed by atoms with Crippen LogP contribution in [0.25, 0.3) is 6.08 Å². The van der Waals surface area contributed by atoms with Crippen LogP contribution in [-0.4, -0.2) is 18.9 Å². The van der Waals surface area contributed by atoms with E-state index in [4.69, 9.17) is 9.47 Å². The molecule has 0 aromatic heterocycles. The highest BCUT2D eigenvalue weighted by Gasteiger charge is 2.27. The second kappa shape index (κ2) is 4.28. The normalized spacial score (nSPS) is 19.8. The Bertz CT molecular complexity index is 377. The summed E-state index contributed by atoms with van der Waals surface area (Å²) in [5, 5.41) is 0. The molecule has 0 spiro atoms. The highest BCUT2D eigenvalue weighted by molar-refractivity contribution is 5.93. The molecule has 1 aromatic carbocycles. The fourth-order valence-corrected chi connectivity index (χ4v) is 1.18. The number of ether oxygens (including phenoxy) is 2. The van der Waals surface area contributed by atoms with Crippen LogP contribution >= 0.6 is 0 Å². The highest BCUT2D eigenvalue weighted by Crippen LogP contribution is 2.14. The molecular formula is C12H12O3. The van der Waals surface area contributed by atoms with Crippen molar-refractivity contribution >= 4 is 12.0 Å². The molecule has 1 saturated heterocycles. The van der Waals surface area contributed by atoms with Crippen molar-refractivity contribution in [3.8, 4) is 0 Å². The van der Waals surface area contributed by atoms with E-state index < -0.39 is 0 Å². The van der Waals surface area contributed by atoms with Gasteiger partial charge in [0.1, 0.15) is 6.61 Å². The number of hydrogen-bond acceptors (Lipinski definition) is 3. The second-order valence-electron chi connectivity index (χ2n) is 3.41.